The number of thiophene rings is 1. The van der Waals surface area contributed by atoms with E-state index in [0.29, 0.717) is 48.6 Å². The lowest BCUT2D eigenvalue weighted by atomic mass is 9.62. The van der Waals surface area contributed by atoms with Crippen molar-refractivity contribution in [2.75, 3.05) is 18.5 Å². The van der Waals surface area contributed by atoms with Crippen LogP contribution in [0.2, 0.25) is 0 Å². The van der Waals surface area contributed by atoms with Gasteiger partial charge < -0.3 is 19.5 Å². The summed E-state index contributed by atoms with van der Waals surface area (Å²) < 4.78 is 17.0. The molecule has 4 bridgehead atoms. The Kier molecular flexibility index (Phi) is 4.29. The summed E-state index contributed by atoms with van der Waals surface area (Å²) >= 11 is 1.44. The Balaban J connectivity index is 1.44. The monoisotopic (exact) mass is 391 g/mol. The molecule has 1 amide bonds. The highest BCUT2D eigenvalue weighted by molar-refractivity contribution is 7.17. The first-order valence-electron chi connectivity index (χ1n) is 9.96. The van der Waals surface area contributed by atoms with Gasteiger partial charge in [0.25, 0.3) is 5.91 Å². The van der Waals surface area contributed by atoms with Gasteiger partial charge in [0.05, 0.1) is 31.5 Å². The van der Waals surface area contributed by atoms with Gasteiger partial charge in [-0.3, -0.25) is 4.79 Å². The number of esters is 1. The van der Waals surface area contributed by atoms with Crippen LogP contribution in [0, 0.1) is 11.8 Å². The van der Waals surface area contributed by atoms with Crippen LogP contribution in [0.15, 0.2) is 0 Å². The number of carbonyl (C=O) groups excluding carboxylic acids is 2. The third-order valence-electron chi connectivity index (χ3n) is 6.43. The van der Waals surface area contributed by atoms with Crippen LogP contribution >= 0.6 is 11.3 Å². The molecule has 7 heteroatoms. The van der Waals surface area contributed by atoms with Crippen molar-refractivity contribution in [3.05, 3.63) is 16.0 Å². The predicted octanol–water partition coefficient (Wildman–Crippen LogP) is 3.28. The second kappa shape index (κ2) is 6.57. The molecule has 2 saturated carbocycles. The third kappa shape index (κ3) is 2.91. The molecule has 0 radical (unpaired) electrons. The molecule has 27 heavy (non-hydrogen) atoms. The average Bonchev–Trinajstić information content (AvgIpc) is 2.98. The number of nitrogens with one attached hydrogen (secondary N) is 1. The molecule has 2 saturated heterocycles. The van der Waals surface area contributed by atoms with Crippen molar-refractivity contribution in [3.63, 3.8) is 0 Å². The molecule has 1 aromatic heterocycles. The Morgan fingerprint density at radius 3 is 2.74 bits per heavy atom. The third-order valence-corrected chi connectivity index (χ3v) is 7.55. The SMILES string of the molecule is CCOC(=O)c1c(NC(=O)C23CC4CC(CC(C4)O2)C3)sc2c1CCOC2. The van der Waals surface area contributed by atoms with Gasteiger partial charge in [-0.1, -0.05) is 0 Å². The highest BCUT2D eigenvalue weighted by Gasteiger charge is 2.56. The van der Waals surface area contributed by atoms with Gasteiger partial charge in [-0.05, 0) is 62.8 Å². The second-order valence-corrected chi connectivity index (χ2v) is 9.37. The molecule has 3 aliphatic heterocycles. The Morgan fingerprint density at radius 2 is 2.04 bits per heavy atom. The average molecular weight is 391 g/mol. The summed E-state index contributed by atoms with van der Waals surface area (Å²) in [4.78, 5) is 26.9. The predicted molar refractivity (Wildman–Crippen MR) is 99.9 cm³/mol. The fourth-order valence-corrected chi connectivity index (χ4v) is 6.73. The van der Waals surface area contributed by atoms with E-state index in [1.54, 1.807) is 6.92 Å². The number of amides is 1. The molecule has 5 aliphatic rings. The topological polar surface area (TPSA) is 73.9 Å². The van der Waals surface area contributed by atoms with Crippen LogP contribution in [0.5, 0.6) is 0 Å². The Hall–Kier alpha value is -1.44. The van der Waals surface area contributed by atoms with Gasteiger partial charge in [-0.25, -0.2) is 4.79 Å². The second-order valence-electron chi connectivity index (χ2n) is 8.27. The molecular formula is C20H25NO5S. The van der Waals surface area contributed by atoms with E-state index in [4.69, 9.17) is 14.2 Å². The van der Waals surface area contributed by atoms with Crippen LogP contribution in [0.4, 0.5) is 5.00 Å². The zero-order valence-electron chi connectivity index (χ0n) is 15.5. The summed E-state index contributed by atoms with van der Waals surface area (Å²) in [5.41, 5.74) is 0.756. The zero-order chi connectivity index (χ0) is 18.6. The maximum atomic E-state index is 13.3. The molecule has 2 aliphatic carbocycles. The van der Waals surface area contributed by atoms with E-state index in [-0.39, 0.29) is 18.0 Å². The summed E-state index contributed by atoms with van der Waals surface area (Å²) in [5.74, 6) is 0.734. The maximum absolute atomic E-state index is 13.3. The summed E-state index contributed by atoms with van der Waals surface area (Å²) in [6.07, 6.45) is 5.89. The molecule has 4 heterocycles. The van der Waals surface area contributed by atoms with Gasteiger partial charge in [0.15, 0.2) is 0 Å². The van der Waals surface area contributed by atoms with Crippen LogP contribution < -0.4 is 5.32 Å². The van der Waals surface area contributed by atoms with Crippen molar-refractivity contribution in [1.82, 2.24) is 0 Å². The van der Waals surface area contributed by atoms with Gasteiger partial charge in [0.1, 0.15) is 10.6 Å². The molecule has 6 rings (SSSR count). The van der Waals surface area contributed by atoms with Crippen LogP contribution in [0.1, 0.15) is 59.8 Å². The van der Waals surface area contributed by atoms with E-state index in [2.05, 4.69) is 5.32 Å². The number of ether oxygens (including phenoxy) is 3. The van der Waals surface area contributed by atoms with E-state index >= 15 is 0 Å². The Labute approximate surface area is 162 Å². The molecule has 146 valence electrons. The van der Waals surface area contributed by atoms with Gasteiger partial charge >= 0.3 is 5.97 Å². The number of carbonyl (C=O) groups is 2. The highest BCUT2D eigenvalue weighted by Crippen LogP contribution is 2.53. The number of hydrogen-bond acceptors (Lipinski definition) is 6. The van der Waals surface area contributed by atoms with Crippen molar-refractivity contribution >= 4 is 28.2 Å². The van der Waals surface area contributed by atoms with Gasteiger partial charge in [-0.2, -0.15) is 0 Å². The lowest BCUT2D eigenvalue weighted by Gasteiger charge is -2.55. The molecule has 2 atom stereocenters. The Morgan fingerprint density at radius 1 is 1.26 bits per heavy atom. The molecule has 1 N–H and O–H groups in total. The van der Waals surface area contributed by atoms with Crippen LogP contribution in [0.25, 0.3) is 0 Å². The largest absolute Gasteiger partial charge is 0.462 e. The van der Waals surface area contributed by atoms with Crippen LogP contribution in [-0.4, -0.2) is 36.8 Å². The standard InChI is InChI=1S/C20H25NO5S/c1-2-25-18(22)16-14-3-4-24-10-15(14)27-17(16)21-19(23)20-8-11-5-12(9-20)7-13(6-11)26-20/h11-13H,2-10H2,1H3,(H,21,23). The van der Waals surface area contributed by atoms with E-state index in [1.165, 1.54) is 17.8 Å². The smallest absolute Gasteiger partial charge is 0.341 e. The molecule has 6 nitrogen and oxygen atoms in total. The van der Waals surface area contributed by atoms with Crippen molar-refractivity contribution in [2.24, 2.45) is 11.8 Å². The van der Waals surface area contributed by atoms with Gasteiger partial charge in [0, 0.05) is 4.88 Å². The van der Waals surface area contributed by atoms with Crippen LogP contribution in [0.3, 0.4) is 0 Å². The van der Waals surface area contributed by atoms with Gasteiger partial charge in [-0.15, -0.1) is 11.3 Å². The van der Waals surface area contributed by atoms with E-state index in [1.807, 2.05) is 0 Å². The van der Waals surface area contributed by atoms with E-state index in [9.17, 15) is 9.59 Å². The number of anilines is 1. The quantitative estimate of drug-likeness (QED) is 0.798. The molecule has 1 aromatic rings. The number of hydrogen-bond donors (Lipinski definition) is 1. The lowest BCUT2D eigenvalue weighted by Crippen LogP contribution is -2.60. The first-order chi connectivity index (χ1) is 13.1. The Bertz CT molecular complexity index is 750. The number of rotatable bonds is 4. The lowest BCUT2D eigenvalue weighted by molar-refractivity contribution is -0.215. The van der Waals surface area contributed by atoms with E-state index in [0.717, 1.165) is 36.1 Å². The van der Waals surface area contributed by atoms with Crippen molar-refractivity contribution in [3.8, 4) is 0 Å². The summed E-state index contributed by atoms with van der Waals surface area (Å²) in [5, 5.41) is 3.65. The molecule has 2 unspecified atom stereocenters. The minimum atomic E-state index is -0.721. The minimum absolute atomic E-state index is 0.0911. The fourth-order valence-electron chi connectivity index (χ4n) is 5.56. The van der Waals surface area contributed by atoms with Crippen molar-refractivity contribution in [2.45, 2.75) is 63.8 Å². The highest BCUT2D eigenvalue weighted by atomic mass is 32.1. The maximum Gasteiger partial charge on any atom is 0.341 e. The number of fused-ring (bicyclic) bond motifs is 1. The first-order valence-corrected chi connectivity index (χ1v) is 10.8. The van der Waals surface area contributed by atoms with Crippen LogP contribution in [-0.2, 0) is 32.0 Å². The molecule has 4 fully saturated rings. The fraction of sp³-hybridized carbons (Fsp3) is 0.700. The van der Waals surface area contributed by atoms with E-state index < -0.39 is 5.60 Å². The van der Waals surface area contributed by atoms with Crippen molar-refractivity contribution < 1.29 is 23.8 Å². The van der Waals surface area contributed by atoms with Crippen molar-refractivity contribution in [1.29, 1.82) is 0 Å². The molecule has 0 aromatic carbocycles. The summed E-state index contributed by atoms with van der Waals surface area (Å²) in [7, 11) is 0. The normalized spacial score (nSPS) is 33.6. The summed E-state index contributed by atoms with van der Waals surface area (Å²) in [6, 6.07) is 0. The molecular weight excluding hydrogens is 366 g/mol. The summed E-state index contributed by atoms with van der Waals surface area (Å²) in [6.45, 7) is 3.17. The molecule has 0 spiro atoms. The minimum Gasteiger partial charge on any atom is -0.462 e. The first kappa shape index (κ1) is 17.6. The zero-order valence-corrected chi connectivity index (χ0v) is 16.4. The van der Waals surface area contributed by atoms with Gasteiger partial charge in [0.2, 0.25) is 0 Å².